The maximum atomic E-state index is 10.7. The largest absolute Gasteiger partial charge is 0.465 e. The monoisotopic (exact) mass is 246 g/mol. The minimum absolute atomic E-state index is 0.183. The van der Waals surface area contributed by atoms with E-state index in [0.717, 1.165) is 0 Å². The van der Waals surface area contributed by atoms with E-state index < -0.39 is 6.09 Å². The number of amides is 1. The van der Waals surface area contributed by atoms with Gasteiger partial charge in [-0.15, -0.1) is 11.6 Å². The zero-order valence-corrected chi connectivity index (χ0v) is 9.22. The summed E-state index contributed by atoms with van der Waals surface area (Å²) >= 11 is 5.54. The van der Waals surface area contributed by atoms with Crippen molar-refractivity contribution in [2.75, 3.05) is 31.1 Å². The molecule has 1 aliphatic heterocycles. The molecule has 1 saturated heterocycles. The van der Waals surface area contributed by atoms with Crippen molar-refractivity contribution in [3.05, 3.63) is 5.89 Å². The van der Waals surface area contributed by atoms with Crippen LogP contribution in [0.5, 0.6) is 0 Å². The van der Waals surface area contributed by atoms with E-state index in [2.05, 4.69) is 10.1 Å². The van der Waals surface area contributed by atoms with Crippen molar-refractivity contribution in [3.63, 3.8) is 0 Å². The summed E-state index contributed by atoms with van der Waals surface area (Å²) in [7, 11) is 0. The van der Waals surface area contributed by atoms with Crippen molar-refractivity contribution < 1.29 is 14.4 Å². The summed E-state index contributed by atoms with van der Waals surface area (Å²) in [6, 6.07) is 0. The van der Waals surface area contributed by atoms with Gasteiger partial charge in [-0.05, 0) is 5.16 Å². The van der Waals surface area contributed by atoms with Crippen molar-refractivity contribution in [3.8, 4) is 0 Å². The van der Waals surface area contributed by atoms with E-state index in [1.807, 2.05) is 4.90 Å². The Labute approximate surface area is 96.6 Å². The van der Waals surface area contributed by atoms with Crippen molar-refractivity contribution in [2.45, 2.75) is 5.88 Å². The van der Waals surface area contributed by atoms with Crippen LogP contribution in [-0.2, 0) is 5.88 Å². The molecule has 1 amide bonds. The van der Waals surface area contributed by atoms with Gasteiger partial charge in [0.05, 0.1) is 0 Å². The third-order valence-corrected chi connectivity index (χ3v) is 2.63. The lowest BCUT2D eigenvalue weighted by molar-refractivity contribution is 0.142. The smallest absolute Gasteiger partial charge is 0.407 e. The van der Waals surface area contributed by atoms with Crippen LogP contribution in [0, 0.1) is 0 Å². The zero-order valence-electron chi connectivity index (χ0n) is 8.47. The van der Waals surface area contributed by atoms with E-state index in [1.54, 1.807) is 0 Å². The van der Waals surface area contributed by atoms with Crippen LogP contribution in [0.25, 0.3) is 0 Å². The van der Waals surface area contributed by atoms with Crippen LogP contribution in [0.15, 0.2) is 4.52 Å². The van der Waals surface area contributed by atoms with Gasteiger partial charge in [-0.25, -0.2) is 4.79 Å². The molecule has 0 bridgehead atoms. The lowest BCUT2D eigenvalue weighted by atomic mass is 10.3. The molecule has 1 fully saturated rings. The third kappa shape index (κ3) is 2.19. The molecule has 8 heteroatoms. The second-order valence-corrected chi connectivity index (χ2v) is 3.65. The highest BCUT2D eigenvalue weighted by Gasteiger charge is 2.23. The Hall–Kier alpha value is -1.50. The molecule has 88 valence electrons. The van der Waals surface area contributed by atoms with Gasteiger partial charge in [0.1, 0.15) is 5.88 Å². The molecule has 0 spiro atoms. The summed E-state index contributed by atoms with van der Waals surface area (Å²) in [4.78, 5) is 18.0. The molecule has 2 heterocycles. The summed E-state index contributed by atoms with van der Waals surface area (Å²) in [6.07, 6.45) is -0.894. The number of aromatic nitrogens is 2. The van der Waals surface area contributed by atoms with E-state index in [-0.39, 0.29) is 5.88 Å². The van der Waals surface area contributed by atoms with Crippen LogP contribution in [0.4, 0.5) is 10.7 Å². The molecular weight excluding hydrogens is 236 g/mol. The summed E-state index contributed by atoms with van der Waals surface area (Å²) in [6.45, 7) is 2.02. The Bertz CT molecular complexity index is 375. The lowest BCUT2D eigenvalue weighted by Gasteiger charge is -2.31. The SMILES string of the molecule is O=C(O)N1CCN(c2noc(CCl)n2)CC1. The van der Waals surface area contributed by atoms with Crippen molar-refractivity contribution in [1.29, 1.82) is 0 Å². The minimum Gasteiger partial charge on any atom is -0.465 e. The van der Waals surface area contributed by atoms with Gasteiger partial charge in [-0.2, -0.15) is 4.98 Å². The minimum atomic E-state index is -0.894. The Morgan fingerprint density at radius 2 is 2.12 bits per heavy atom. The molecule has 1 aromatic heterocycles. The zero-order chi connectivity index (χ0) is 11.5. The van der Waals surface area contributed by atoms with Crippen LogP contribution < -0.4 is 4.90 Å². The molecule has 0 atom stereocenters. The van der Waals surface area contributed by atoms with E-state index in [0.29, 0.717) is 38.0 Å². The molecule has 0 aliphatic carbocycles. The maximum absolute atomic E-state index is 10.7. The van der Waals surface area contributed by atoms with Crippen LogP contribution in [-0.4, -0.2) is 52.4 Å². The van der Waals surface area contributed by atoms with Crippen LogP contribution in [0.1, 0.15) is 5.89 Å². The normalized spacial score (nSPS) is 16.6. The number of hydrogen-bond acceptors (Lipinski definition) is 5. The van der Waals surface area contributed by atoms with Crippen LogP contribution in [0.3, 0.4) is 0 Å². The van der Waals surface area contributed by atoms with Gasteiger partial charge < -0.3 is 19.4 Å². The molecule has 0 radical (unpaired) electrons. The van der Waals surface area contributed by atoms with Gasteiger partial charge in [0.25, 0.3) is 5.95 Å². The molecule has 0 saturated carbocycles. The Kier molecular flexibility index (Phi) is 3.14. The molecule has 2 rings (SSSR count). The summed E-state index contributed by atoms with van der Waals surface area (Å²) in [5.41, 5.74) is 0. The number of nitrogens with zero attached hydrogens (tertiary/aromatic N) is 4. The fourth-order valence-electron chi connectivity index (χ4n) is 1.53. The standard InChI is InChI=1S/C8H11ClN4O3/c9-5-6-10-7(11-16-6)12-1-3-13(4-2-12)8(14)15/h1-5H2,(H,14,15). The third-order valence-electron chi connectivity index (χ3n) is 2.40. The highest BCUT2D eigenvalue weighted by atomic mass is 35.5. The molecule has 1 aromatic rings. The van der Waals surface area contributed by atoms with E-state index in [4.69, 9.17) is 21.2 Å². The van der Waals surface area contributed by atoms with Gasteiger partial charge in [-0.1, -0.05) is 0 Å². The summed E-state index contributed by atoms with van der Waals surface area (Å²) < 4.78 is 4.88. The van der Waals surface area contributed by atoms with Crippen molar-refractivity contribution in [2.24, 2.45) is 0 Å². The first-order chi connectivity index (χ1) is 7.70. The number of rotatable bonds is 2. The Morgan fingerprint density at radius 3 is 2.62 bits per heavy atom. The quantitative estimate of drug-likeness (QED) is 0.770. The Balaban J connectivity index is 1.96. The molecule has 16 heavy (non-hydrogen) atoms. The fraction of sp³-hybridized carbons (Fsp3) is 0.625. The molecule has 7 nitrogen and oxygen atoms in total. The predicted molar refractivity (Wildman–Crippen MR) is 55.7 cm³/mol. The molecule has 0 unspecified atom stereocenters. The number of carbonyl (C=O) groups is 1. The second-order valence-electron chi connectivity index (χ2n) is 3.38. The number of carboxylic acid groups (broad SMARTS) is 1. The van der Waals surface area contributed by atoms with Gasteiger partial charge >= 0.3 is 6.09 Å². The number of hydrogen-bond donors (Lipinski definition) is 1. The fourth-order valence-corrected chi connectivity index (χ4v) is 1.63. The Morgan fingerprint density at radius 1 is 1.44 bits per heavy atom. The van der Waals surface area contributed by atoms with Gasteiger partial charge in [-0.3, -0.25) is 0 Å². The average Bonchev–Trinajstić information content (AvgIpc) is 2.77. The lowest BCUT2D eigenvalue weighted by Crippen LogP contribution is -2.48. The van der Waals surface area contributed by atoms with Crippen molar-refractivity contribution >= 4 is 23.6 Å². The first-order valence-corrected chi connectivity index (χ1v) is 5.35. The highest BCUT2D eigenvalue weighted by Crippen LogP contribution is 2.13. The first-order valence-electron chi connectivity index (χ1n) is 4.82. The molecular formula is C8H11ClN4O3. The maximum Gasteiger partial charge on any atom is 0.407 e. The number of anilines is 1. The number of halogens is 1. The topological polar surface area (TPSA) is 82.7 Å². The van der Waals surface area contributed by atoms with Crippen LogP contribution in [0.2, 0.25) is 0 Å². The van der Waals surface area contributed by atoms with Gasteiger partial charge in [0, 0.05) is 26.2 Å². The van der Waals surface area contributed by atoms with E-state index >= 15 is 0 Å². The van der Waals surface area contributed by atoms with E-state index in [1.165, 1.54) is 4.90 Å². The van der Waals surface area contributed by atoms with Crippen LogP contribution >= 0.6 is 11.6 Å². The average molecular weight is 247 g/mol. The van der Waals surface area contributed by atoms with Gasteiger partial charge in [0.15, 0.2) is 0 Å². The number of alkyl halides is 1. The first kappa shape index (κ1) is 11.0. The summed E-state index contributed by atoms with van der Waals surface area (Å²) in [5.74, 6) is 1.03. The van der Waals surface area contributed by atoms with E-state index in [9.17, 15) is 4.79 Å². The van der Waals surface area contributed by atoms with Gasteiger partial charge in [0.2, 0.25) is 5.89 Å². The second kappa shape index (κ2) is 4.56. The van der Waals surface area contributed by atoms with Crippen molar-refractivity contribution in [1.82, 2.24) is 15.0 Å². The molecule has 1 aliphatic rings. The number of piperazine rings is 1. The summed E-state index contributed by atoms with van der Waals surface area (Å²) in [5, 5.41) is 12.5. The predicted octanol–water partition coefficient (Wildman–Crippen LogP) is 0.608. The highest BCUT2D eigenvalue weighted by molar-refractivity contribution is 6.16. The molecule has 1 N–H and O–H groups in total. The molecule has 0 aromatic carbocycles.